The van der Waals surface area contributed by atoms with Crippen molar-refractivity contribution in [1.29, 1.82) is 0 Å². The lowest BCUT2D eigenvalue weighted by Gasteiger charge is -2.26. The van der Waals surface area contributed by atoms with Gasteiger partial charge in [0.2, 0.25) is 0 Å². The monoisotopic (exact) mass is 251 g/mol. The molecule has 3 N–H and O–H groups in total. The SMILES string of the molecule is CS(=O)(=O)CC(CN)(CO)CCl.Cl. The number of halogens is 2. The summed E-state index contributed by atoms with van der Waals surface area (Å²) in [6, 6.07) is 0. The maximum atomic E-state index is 10.9. The lowest BCUT2D eigenvalue weighted by molar-refractivity contribution is 0.172. The third-order valence-corrected chi connectivity index (χ3v) is 3.32. The number of aliphatic hydroxyl groups excluding tert-OH is 1. The summed E-state index contributed by atoms with van der Waals surface area (Å²) >= 11 is 5.53. The molecule has 1 unspecified atom stereocenters. The second-order valence-electron chi connectivity index (χ2n) is 3.07. The Bertz CT molecular complexity index is 218. The molecule has 0 aliphatic heterocycles. The molecular formula is C6H15Cl2NO3S. The van der Waals surface area contributed by atoms with Crippen LogP contribution in [0.4, 0.5) is 0 Å². The fraction of sp³-hybridized carbons (Fsp3) is 1.00. The van der Waals surface area contributed by atoms with Gasteiger partial charge >= 0.3 is 0 Å². The Morgan fingerprint density at radius 3 is 2.08 bits per heavy atom. The summed E-state index contributed by atoms with van der Waals surface area (Å²) in [4.78, 5) is 0. The predicted molar refractivity (Wildman–Crippen MR) is 56.3 cm³/mol. The Hall–Kier alpha value is 0.450. The number of sulfone groups is 1. The molecule has 0 aromatic rings. The van der Waals surface area contributed by atoms with E-state index in [4.69, 9.17) is 22.4 Å². The van der Waals surface area contributed by atoms with Gasteiger partial charge in [0.25, 0.3) is 0 Å². The molecule has 1 atom stereocenters. The molecular weight excluding hydrogens is 237 g/mol. The summed E-state index contributed by atoms with van der Waals surface area (Å²) in [5.41, 5.74) is 4.45. The van der Waals surface area contributed by atoms with Crippen LogP contribution in [0.5, 0.6) is 0 Å². The van der Waals surface area contributed by atoms with Crippen LogP contribution >= 0.6 is 24.0 Å². The van der Waals surface area contributed by atoms with Gasteiger partial charge in [0.15, 0.2) is 0 Å². The molecule has 82 valence electrons. The van der Waals surface area contributed by atoms with E-state index in [1.165, 1.54) is 0 Å². The van der Waals surface area contributed by atoms with Crippen LogP contribution in [0.3, 0.4) is 0 Å². The number of alkyl halides is 1. The van der Waals surface area contributed by atoms with Crippen molar-refractivity contribution in [3.05, 3.63) is 0 Å². The first kappa shape index (κ1) is 15.9. The molecule has 0 aromatic carbocycles. The van der Waals surface area contributed by atoms with Gasteiger partial charge in [0, 0.05) is 24.1 Å². The molecule has 4 nitrogen and oxygen atoms in total. The average Bonchev–Trinajstić information content (AvgIpc) is 1.99. The highest BCUT2D eigenvalue weighted by molar-refractivity contribution is 7.90. The zero-order valence-corrected chi connectivity index (χ0v) is 9.75. The van der Waals surface area contributed by atoms with Crippen molar-refractivity contribution in [3.8, 4) is 0 Å². The summed E-state index contributed by atoms with van der Waals surface area (Å²) < 4.78 is 21.8. The smallest absolute Gasteiger partial charge is 0.148 e. The highest BCUT2D eigenvalue weighted by Crippen LogP contribution is 2.18. The van der Waals surface area contributed by atoms with Crippen LogP contribution in [-0.4, -0.2) is 44.6 Å². The van der Waals surface area contributed by atoms with E-state index in [1.807, 2.05) is 0 Å². The Labute approximate surface area is 89.8 Å². The van der Waals surface area contributed by atoms with Crippen molar-refractivity contribution in [2.24, 2.45) is 11.1 Å². The minimum absolute atomic E-state index is 0. The lowest BCUT2D eigenvalue weighted by atomic mass is 9.95. The standard InChI is InChI=1S/C6H14ClNO3S.ClH/c1-12(10,11)5-6(2-7,3-8)4-9;/h9H,2-5,8H2,1H3;1H. The summed E-state index contributed by atoms with van der Waals surface area (Å²) in [7, 11) is -3.14. The minimum atomic E-state index is -3.14. The zero-order valence-electron chi connectivity index (χ0n) is 7.36. The van der Waals surface area contributed by atoms with Crippen molar-refractivity contribution in [2.45, 2.75) is 0 Å². The first-order valence-corrected chi connectivity index (χ1v) is 6.03. The number of rotatable bonds is 5. The Morgan fingerprint density at radius 2 is 2.00 bits per heavy atom. The van der Waals surface area contributed by atoms with Crippen molar-refractivity contribution in [1.82, 2.24) is 0 Å². The first-order valence-electron chi connectivity index (χ1n) is 3.44. The molecule has 0 heterocycles. The molecule has 0 amide bonds. The van der Waals surface area contributed by atoms with Crippen LogP contribution < -0.4 is 5.73 Å². The number of hydrogen-bond acceptors (Lipinski definition) is 4. The largest absolute Gasteiger partial charge is 0.396 e. The molecule has 0 saturated heterocycles. The van der Waals surface area contributed by atoms with Gasteiger partial charge in [-0.15, -0.1) is 24.0 Å². The zero-order chi connectivity index (χ0) is 9.83. The lowest BCUT2D eigenvalue weighted by Crippen LogP contribution is -2.42. The summed E-state index contributed by atoms with van der Waals surface area (Å²) in [5, 5.41) is 8.91. The fourth-order valence-corrected chi connectivity index (χ4v) is 2.68. The highest BCUT2D eigenvalue weighted by atomic mass is 35.5. The minimum Gasteiger partial charge on any atom is -0.396 e. The van der Waals surface area contributed by atoms with E-state index in [1.54, 1.807) is 0 Å². The molecule has 13 heavy (non-hydrogen) atoms. The molecule has 0 radical (unpaired) electrons. The van der Waals surface area contributed by atoms with E-state index in [9.17, 15) is 8.42 Å². The van der Waals surface area contributed by atoms with Gasteiger partial charge in [-0.05, 0) is 0 Å². The van der Waals surface area contributed by atoms with Gasteiger partial charge < -0.3 is 10.8 Å². The molecule has 0 spiro atoms. The van der Waals surface area contributed by atoms with Gasteiger partial charge in [-0.2, -0.15) is 0 Å². The summed E-state index contributed by atoms with van der Waals surface area (Å²) in [6.07, 6.45) is 1.10. The third kappa shape index (κ3) is 5.70. The Kier molecular flexibility index (Phi) is 7.38. The van der Waals surface area contributed by atoms with Crippen LogP contribution in [0.1, 0.15) is 0 Å². The number of hydrogen-bond donors (Lipinski definition) is 2. The normalized spacial score (nSPS) is 16.0. The maximum absolute atomic E-state index is 10.9. The van der Waals surface area contributed by atoms with E-state index in [0.717, 1.165) is 6.26 Å². The molecule has 0 aliphatic carbocycles. The van der Waals surface area contributed by atoms with Crippen LogP contribution in [-0.2, 0) is 9.84 Å². The number of nitrogens with two attached hydrogens (primary N) is 1. The Balaban J connectivity index is 0. The molecule has 0 saturated carbocycles. The first-order chi connectivity index (χ1) is 5.39. The van der Waals surface area contributed by atoms with Crippen molar-refractivity contribution in [2.75, 3.05) is 31.0 Å². The van der Waals surface area contributed by atoms with E-state index in [2.05, 4.69) is 0 Å². The second kappa shape index (κ2) is 6.03. The average molecular weight is 252 g/mol. The quantitative estimate of drug-likeness (QED) is 0.654. The van der Waals surface area contributed by atoms with Crippen LogP contribution in [0.25, 0.3) is 0 Å². The third-order valence-electron chi connectivity index (χ3n) is 1.62. The highest BCUT2D eigenvalue weighted by Gasteiger charge is 2.31. The predicted octanol–water partition coefficient (Wildman–Crippen LogP) is -0.371. The molecule has 0 aliphatic rings. The van der Waals surface area contributed by atoms with Crippen LogP contribution in [0.15, 0.2) is 0 Å². The van der Waals surface area contributed by atoms with E-state index in [0.29, 0.717) is 0 Å². The van der Waals surface area contributed by atoms with Crippen LogP contribution in [0.2, 0.25) is 0 Å². The number of aliphatic hydroxyl groups is 1. The summed E-state index contributed by atoms with van der Waals surface area (Å²) in [5.74, 6) is -0.121. The van der Waals surface area contributed by atoms with Crippen molar-refractivity contribution >= 4 is 33.8 Å². The van der Waals surface area contributed by atoms with Crippen molar-refractivity contribution in [3.63, 3.8) is 0 Å². The molecule has 0 aromatic heterocycles. The fourth-order valence-electron chi connectivity index (χ4n) is 0.861. The second-order valence-corrected chi connectivity index (χ2v) is 5.47. The summed E-state index contributed by atoms with van der Waals surface area (Å²) in [6.45, 7) is -0.236. The van der Waals surface area contributed by atoms with Gasteiger partial charge in [-0.1, -0.05) is 0 Å². The van der Waals surface area contributed by atoms with Gasteiger partial charge in [0.1, 0.15) is 9.84 Å². The van der Waals surface area contributed by atoms with E-state index in [-0.39, 0.29) is 37.2 Å². The molecule has 7 heteroatoms. The van der Waals surface area contributed by atoms with Crippen LogP contribution in [0, 0.1) is 5.41 Å². The van der Waals surface area contributed by atoms with Crippen molar-refractivity contribution < 1.29 is 13.5 Å². The van der Waals surface area contributed by atoms with Gasteiger partial charge in [-0.3, -0.25) is 0 Å². The van der Waals surface area contributed by atoms with E-state index >= 15 is 0 Å². The Morgan fingerprint density at radius 1 is 1.54 bits per heavy atom. The van der Waals surface area contributed by atoms with Gasteiger partial charge in [0.05, 0.1) is 12.4 Å². The molecule has 0 rings (SSSR count). The molecule has 0 bridgehead atoms. The van der Waals surface area contributed by atoms with E-state index < -0.39 is 15.3 Å². The maximum Gasteiger partial charge on any atom is 0.148 e. The molecule has 0 fully saturated rings. The topological polar surface area (TPSA) is 80.4 Å². The van der Waals surface area contributed by atoms with Gasteiger partial charge in [-0.25, -0.2) is 8.42 Å².